The van der Waals surface area contributed by atoms with E-state index in [1.165, 1.54) is 5.56 Å². The Bertz CT molecular complexity index is 1100. The lowest BCUT2D eigenvalue weighted by atomic mass is 10.0. The van der Waals surface area contributed by atoms with Crippen molar-refractivity contribution in [3.05, 3.63) is 62.8 Å². The topological polar surface area (TPSA) is 35.2 Å². The zero-order valence-corrected chi connectivity index (χ0v) is 19.3. The summed E-state index contributed by atoms with van der Waals surface area (Å²) < 4.78 is 10.0. The molecule has 8 heteroatoms. The van der Waals surface area contributed by atoms with E-state index in [1.54, 1.807) is 6.07 Å². The molecule has 0 bridgehead atoms. The largest absolute Gasteiger partial charge is 0.379 e. The van der Waals surface area contributed by atoms with Gasteiger partial charge in [-0.1, -0.05) is 55.2 Å². The molecule has 0 spiro atoms. The maximum Gasteiger partial charge on any atom is 0.204 e. The molecule has 0 unspecified atom stereocenters. The molecule has 1 aromatic heterocycles. The maximum absolute atomic E-state index is 6.57. The van der Waals surface area contributed by atoms with Gasteiger partial charge >= 0.3 is 0 Å². The summed E-state index contributed by atoms with van der Waals surface area (Å²) in [5, 5.41) is 6.04. The Balaban J connectivity index is 1.90. The van der Waals surface area contributed by atoms with Crippen molar-refractivity contribution in [2.24, 2.45) is 0 Å². The van der Waals surface area contributed by atoms with Gasteiger partial charge in [0.1, 0.15) is 0 Å². The molecule has 158 valence electrons. The Morgan fingerprint density at radius 3 is 2.53 bits per heavy atom. The molecule has 0 N–H and O–H groups in total. The molecule has 1 fully saturated rings. The van der Waals surface area contributed by atoms with Crippen LogP contribution in [0.2, 0.25) is 10.0 Å². The summed E-state index contributed by atoms with van der Waals surface area (Å²) in [5.41, 5.74) is 3.02. The van der Waals surface area contributed by atoms with Crippen molar-refractivity contribution in [3.8, 4) is 17.1 Å². The normalized spacial score (nSPS) is 15.1. The zero-order chi connectivity index (χ0) is 21.3. The first kappa shape index (κ1) is 21.5. The lowest BCUT2D eigenvalue weighted by Crippen LogP contribution is -2.37. The lowest BCUT2D eigenvalue weighted by Gasteiger charge is -2.26. The van der Waals surface area contributed by atoms with Gasteiger partial charge in [-0.2, -0.15) is 0 Å². The van der Waals surface area contributed by atoms with Gasteiger partial charge in [0.2, 0.25) is 4.77 Å². The molecule has 3 aromatic rings. The van der Waals surface area contributed by atoms with E-state index < -0.39 is 0 Å². The first-order valence-electron chi connectivity index (χ1n) is 10.0. The van der Waals surface area contributed by atoms with Crippen LogP contribution in [0.5, 0.6) is 0 Å². The van der Waals surface area contributed by atoms with Gasteiger partial charge in [-0.05, 0) is 48.0 Å². The van der Waals surface area contributed by atoms with Crippen molar-refractivity contribution in [3.63, 3.8) is 0 Å². The molecule has 1 aliphatic heterocycles. The van der Waals surface area contributed by atoms with Crippen LogP contribution >= 0.6 is 35.4 Å². The summed E-state index contributed by atoms with van der Waals surface area (Å²) >= 11 is 18.6. The number of aromatic nitrogens is 3. The monoisotopic (exact) mass is 462 g/mol. The van der Waals surface area contributed by atoms with Crippen LogP contribution in [0.15, 0.2) is 42.5 Å². The molecule has 2 heterocycles. The summed E-state index contributed by atoms with van der Waals surface area (Å²) in [5.74, 6) is 1.04. The van der Waals surface area contributed by atoms with Crippen LogP contribution in [-0.2, 0) is 11.4 Å². The second kappa shape index (κ2) is 9.20. The Morgan fingerprint density at radius 2 is 1.83 bits per heavy atom. The van der Waals surface area contributed by atoms with Crippen molar-refractivity contribution < 1.29 is 4.74 Å². The first-order chi connectivity index (χ1) is 14.5. The minimum absolute atomic E-state index is 0.333. The SMILES string of the molecule is CC(C)c1ccccc1-n1c(-c2ccc(Cl)cc2Cl)nn(CN2CCOCC2)c1=S. The Hall–Kier alpha value is -1.70. The van der Waals surface area contributed by atoms with E-state index in [4.69, 9.17) is 45.3 Å². The number of ether oxygens (including phenoxy) is 1. The van der Waals surface area contributed by atoms with Gasteiger partial charge < -0.3 is 4.74 Å². The highest BCUT2D eigenvalue weighted by molar-refractivity contribution is 7.71. The third kappa shape index (κ3) is 4.34. The average Bonchev–Trinajstić information content (AvgIpc) is 3.04. The third-order valence-electron chi connectivity index (χ3n) is 5.25. The minimum Gasteiger partial charge on any atom is -0.379 e. The summed E-state index contributed by atoms with van der Waals surface area (Å²) in [4.78, 5) is 2.29. The molecule has 0 saturated carbocycles. The molecular formula is C22H24Cl2N4OS. The fourth-order valence-corrected chi connectivity index (χ4v) is 4.45. The molecule has 4 rings (SSSR count). The molecule has 1 aliphatic rings. The predicted molar refractivity (Wildman–Crippen MR) is 124 cm³/mol. The van der Waals surface area contributed by atoms with E-state index in [2.05, 4.69) is 36.9 Å². The maximum atomic E-state index is 6.57. The number of halogens is 2. The van der Waals surface area contributed by atoms with Crippen LogP contribution in [0, 0.1) is 4.77 Å². The first-order valence-corrected chi connectivity index (χ1v) is 11.2. The Labute approximate surface area is 191 Å². The number of morpholine rings is 1. The van der Waals surface area contributed by atoms with Crippen molar-refractivity contribution in [1.29, 1.82) is 0 Å². The van der Waals surface area contributed by atoms with Crippen LogP contribution in [0.25, 0.3) is 17.1 Å². The number of hydrogen-bond donors (Lipinski definition) is 0. The van der Waals surface area contributed by atoms with Gasteiger partial charge in [0, 0.05) is 23.7 Å². The van der Waals surface area contributed by atoms with E-state index in [0.29, 0.717) is 33.2 Å². The van der Waals surface area contributed by atoms with E-state index in [-0.39, 0.29) is 0 Å². The minimum atomic E-state index is 0.333. The standard InChI is InChI=1S/C22H24Cl2N4OS/c1-15(2)17-5-3-4-6-20(17)28-21(18-8-7-16(23)13-19(18)24)25-27(22(28)30)14-26-9-11-29-12-10-26/h3-8,13,15H,9-12,14H2,1-2H3. The molecular weight excluding hydrogens is 439 g/mol. The van der Waals surface area contributed by atoms with Crippen molar-refractivity contribution in [1.82, 2.24) is 19.2 Å². The molecule has 0 amide bonds. The second-order valence-corrected chi connectivity index (χ2v) is 8.86. The number of nitrogens with zero attached hydrogens (tertiary/aromatic N) is 4. The molecule has 0 aliphatic carbocycles. The molecule has 2 aromatic carbocycles. The van der Waals surface area contributed by atoms with E-state index >= 15 is 0 Å². The highest BCUT2D eigenvalue weighted by Gasteiger charge is 2.21. The number of hydrogen-bond acceptors (Lipinski definition) is 4. The highest BCUT2D eigenvalue weighted by atomic mass is 35.5. The fraction of sp³-hybridized carbons (Fsp3) is 0.364. The van der Waals surface area contributed by atoms with Gasteiger partial charge in [-0.15, -0.1) is 5.10 Å². The third-order valence-corrected chi connectivity index (χ3v) is 6.19. The molecule has 5 nitrogen and oxygen atoms in total. The fourth-order valence-electron chi connectivity index (χ4n) is 3.67. The summed E-state index contributed by atoms with van der Waals surface area (Å²) in [6.07, 6.45) is 0. The molecule has 0 radical (unpaired) electrons. The number of para-hydroxylation sites is 1. The van der Waals surface area contributed by atoms with Crippen molar-refractivity contribution in [2.45, 2.75) is 26.4 Å². The van der Waals surface area contributed by atoms with E-state index in [9.17, 15) is 0 Å². The number of benzene rings is 2. The van der Waals surface area contributed by atoms with Crippen LogP contribution in [-0.4, -0.2) is 45.6 Å². The lowest BCUT2D eigenvalue weighted by molar-refractivity contribution is 0.0210. The summed E-state index contributed by atoms with van der Waals surface area (Å²) in [6, 6.07) is 13.8. The van der Waals surface area contributed by atoms with Gasteiger partial charge in [0.25, 0.3) is 0 Å². The predicted octanol–water partition coefficient (Wildman–Crippen LogP) is 5.79. The van der Waals surface area contributed by atoms with Gasteiger partial charge in [-0.25, -0.2) is 4.68 Å². The van der Waals surface area contributed by atoms with Crippen LogP contribution in [0.3, 0.4) is 0 Å². The zero-order valence-electron chi connectivity index (χ0n) is 17.0. The Morgan fingerprint density at radius 1 is 1.10 bits per heavy atom. The summed E-state index contributed by atoms with van der Waals surface area (Å²) in [6.45, 7) is 8.12. The summed E-state index contributed by atoms with van der Waals surface area (Å²) in [7, 11) is 0. The van der Waals surface area contributed by atoms with Crippen LogP contribution in [0.4, 0.5) is 0 Å². The van der Waals surface area contributed by atoms with Crippen molar-refractivity contribution >= 4 is 35.4 Å². The van der Waals surface area contributed by atoms with Crippen LogP contribution in [0.1, 0.15) is 25.3 Å². The molecule has 1 saturated heterocycles. The van der Waals surface area contributed by atoms with Gasteiger partial charge in [0.15, 0.2) is 5.82 Å². The van der Waals surface area contributed by atoms with Crippen molar-refractivity contribution in [2.75, 3.05) is 26.3 Å². The molecule has 0 atom stereocenters. The van der Waals surface area contributed by atoms with E-state index in [0.717, 1.165) is 37.6 Å². The Kier molecular flexibility index (Phi) is 6.60. The average molecular weight is 463 g/mol. The van der Waals surface area contributed by atoms with Crippen LogP contribution < -0.4 is 0 Å². The molecule has 30 heavy (non-hydrogen) atoms. The van der Waals surface area contributed by atoms with E-state index in [1.807, 2.05) is 27.4 Å². The quantitative estimate of drug-likeness (QED) is 0.449. The highest BCUT2D eigenvalue weighted by Crippen LogP contribution is 2.33. The van der Waals surface area contributed by atoms with Gasteiger partial charge in [-0.3, -0.25) is 9.47 Å². The smallest absolute Gasteiger partial charge is 0.204 e. The second-order valence-electron chi connectivity index (χ2n) is 7.65. The van der Waals surface area contributed by atoms with Gasteiger partial charge in [0.05, 0.1) is 30.6 Å². The number of rotatable bonds is 5.